The Morgan fingerprint density at radius 2 is 1.68 bits per heavy atom. The molecule has 1 atom stereocenters. The molecule has 0 aromatic heterocycles. The highest BCUT2D eigenvalue weighted by molar-refractivity contribution is 7.90. The van der Waals surface area contributed by atoms with Crippen LogP contribution in [-0.2, 0) is 25.0 Å². The molecule has 1 aliphatic rings. The maximum absolute atomic E-state index is 12.8. The number of anilines is 1. The SMILES string of the molecule is C[C@@]1(c2ccccc2)NC(=O)N(CC(=O)Nc2ccccc2S(C)(=O)=O)C1=O. The summed E-state index contributed by atoms with van der Waals surface area (Å²) in [6.45, 7) is 1.03. The minimum atomic E-state index is -3.56. The molecule has 28 heavy (non-hydrogen) atoms. The Bertz CT molecular complexity index is 1050. The number of nitrogens with zero attached hydrogens (tertiary/aromatic N) is 1. The fourth-order valence-corrected chi connectivity index (χ4v) is 3.88. The van der Waals surface area contributed by atoms with E-state index in [-0.39, 0.29) is 10.6 Å². The number of sulfone groups is 1. The average Bonchev–Trinajstić information content (AvgIpc) is 2.86. The van der Waals surface area contributed by atoms with Gasteiger partial charge in [-0.3, -0.25) is 14.5 Å². The van der Waals surface area contributed by atoms with Crippen molar-refractivity contribution in [2.75, 3.05) is 18.1 Å². The Labute approximate surface area is 162 Å². The van der Waals surface area contributed by atoms with Crippen LogP contribution in [0, 0.1) is 0 Å². The molecule has 0 unspecified atom stereocenters. The molecule has 8 nitrogen and oxygen atoms in total. The largest absolute Gasteiger partial charge is 0.325 e. The van der Waals surface area contributed by atoms with Gasteiger partial charge in [0.05, 0.1) is 10.6 Å². The fourth-order valence-electron chi connectivity index (χ4n) is 3.03. The van der Waals surface area contributed by atoms with Crippen molar-refractivity contribution < 1.29 is 22.8 Å². The van der Waals surface area contributed by atoms with Crippen LogP contribution in [0.3, 0.4) is 0 Å². The molecule has 1 aliphatic heterocycles. The Kier molecular flexibility index (Phi) is 4.95. The second-order valence-corrected chi connectivity index (χ2v) is 8.61. The number of amides is 4. The fraction of sp³-hybridized carbons (Fsp3) is 0.211. The highest BCUT2D eigenvalue weighted by Gasteiger charge is 2.49. The maximum atomic E-state index is 12.8. The smallest absolute Gasteiger partial charge is 0.323 e. The molecule has 1 fully saturated rings. The lowest BCUT2D eigenvalue weighted by molar-refractivity contribution is -0.133. The van der Waals surface area contributed by atoms with E-state index in [1.54, 1.807) is 43.3 Å². The van der Waals surface area contributed by atoms with E-state index < -0.39 is 39.8 Å². The van der Waals surface area contributed by atoms with Crippen LogP contribution in [-0.4, -0.2) is 44.0 Å². The molecule has 0 saturated carbocycles. The molecule has 3 rings (SSSR count). The van der Waals surface area contributed by atoms with E-state index in [1.807, 2.05) is 0 Å². The van der Waals surface area contributed by atoms with Gasteiger partial charge in [-0.15, -0.1) is 0 Å². The number of carbonyl (C=O) groups is 3. The molecular formula is C19H19N3O5S. The van der Waals surface area contributed by atoms with E-state index in [9.17, 15) is 22.8 Å². The molecule has 146 valence electrons. The predicted molar refractivity (Wildman–Crippen MR) is 102 cm³/mol. The van der Waals surface area contributed by atoms with E-state index >= 15 is 0 Å². The first-order chi connectivity index (χ1) is 13.1. The van der Waals surface area contributed by atoms with Crippen molar-refractivity contribution in [3.63, 3.8) is 0 Å². The van der Waals surface area contributed by atoms with Gasteiger partial charge in [-0.25, -0.2) is 13.2 Å². The first kappa shape index (κ1) is 19.6. The zero-order valence-electron chi connectivity index (χ0n) is 15.3. The molecule has 2 aromatic carbocycles. The summed E-state index contributed by atoms with van der Waals surface area (Å²) in [5.74, 6) is -1.24. The van der Waals surface area contributed by atoms with Gasteiger partial charge in [-0.05, 0) is 24.6 Å². The molecule has 1 saturated heterocycles. The number of urea groups is 1. The molecule has 4 amide bonds. The lowest BCUT2D eigenvalue weighted by atomic mass is 9.92. The normalized spacial score (nSPS) is 19.4. The summed E-state index contributed by atoms with van der Waals surface area (Å²) in [5.41, 5.74) is -0.588. The standard InChI is InChI=1S/C19H19N3O5S/c1-19(13-8-4-3-5-9-13)17(24)22(18(25)21-19)12-16(23)20-14-10-6-7-11-15(14)28(2,26)27/h3-11H,12H2,1-2H3,(H,20,23)(H,21,25)/t19-/m0/s1. The summed E-state index contributed by atoms with van der Waals surface area (Å²) in [6, 6.07) is 13.9. The zero-order chi connectivity index (χ0) is 20.5. The van der Waals surface area contributed by atoms with E-state index in [2.05, 4.69) is 10.6 Å². The van der Waals surface area contributed by atoms with Crippen molar-refractivity contribution in [2.45, 2.75) is 17.4 Å². The molecule has 1 heterocycles. The summed E-state index contributed by atoms with van der Waals surface area (Å²) in [7, 11) is -3.56. The van der Waals surface area contributed by atoms with Crippen LogP contribution < -0.4 is 10.6 Å². The Morgan fingerprint density at radius 1 is 1.07 bits per heavy atom. The highest BCUT2D eigenvalue weighted by atomic mass is 32.2. The average molecular weight is 401 g/mol. The molecule has 0 radical (unpaired) electrons. The van der Waals surface area contributed by atoms with E-state index in [0.717, 1.165) is 11.2 Å². The van der Waals surface area contributed by atoms with Crippen molar-refractivity contribution >= 4 is 33.4 Å². The van der Waals surface area contributed by atoms with Crippen LogP contribution in [0.4, 0.5) is 10.5 Å². The van der Waals surface area contributed by atoms with E-state index in [1.165, 1.54) is 18.2 Å². The van der Waals surface area contributed by atoms with Crippen LogP contribution in [0.15, 0.2) is 59.5 Å². The number of imide groups is 1. The molecule has 0 bridgehead atoms. The topological polar surface area (TPSA) is 113 Å². The van der Waals surface area contributed by atoms with Crippen molar-refractivity contribution in [2.24, 2.45) is 0 Å². The van der Waals surface area contributed by atoms with Gasteiger partial charge in [-0.1, -0.05) is 42.5 Å². The van der Waals surface area contributed by atoms with Crippen LogP contribution >= 0.6 is 0 Å². The number of carbonyl (C=O) groups excluding carboxylic acids is 3. The van der Waals surface area contributed by atoms with Gasteiger partial charge < -0.3 is 10.6 Å². The minimum Gasteiger partial charge on any atom is -0.323 e. The number of rotatable bonds is 5. The Morgan fingerprint density at radius 3 is 2.32 bits per heavy atom. The van der Waals surface area contributed by atoms with Gasteiger partial charge in [0, 0.05) is 6.26 Å². The number of nitrogens with one attached hydrogen (secondary N) is 2. The number of hydrogen-bond acceptors (Lipinski definition) is 5. The van der Waals surface area contributed by atoms with Crippen LogP contribution in [0.2, 0.25) is 0 Å². The summed E-state index contributed by atoms with van der Waals surface area (Å²) < 4.78 is 23.7. The molecule has 9 heteroatoms. The molecule has 0 aliphatic carbocycles. The lowest BCUT2D eigenvalue weighted by Crippen LogP contribution is -2.42. The highest BCUT2D eigenvalue weighted by Crippen LogP contribution is 2.28. The van der Waals surface area contributed by atoms with Gasteiger partial charge in [0.25, 0.3) is 5.91 Å². The van der Waals surface area contributed by atoms with Crippen molar-refractivity contribution in [3.8, 4) is 0 Å². The van der Waals surface area contributed by atoms with E-state index in [4.69, 9.17) is 0 Å². The van der Waals surface area contributed by atoms with Crippen LogP contribution in [0.5, 0.6) is 0 Å². The van der Waals surface area contributed by atoms with Gasteiger partial charge >= 0.3 is 6.03 Å². The zero-order valence-corrected chi connectivity index (χ0v) is 16.1. The monoisotopic (exact) mass is 401 g/mol. The first-order valence-corrected chi connectivity index (χ1v) is 10.3. The second kappa shape index (κ2) is 7.08. The van der Waals surface area contributed by atoms with Crippen molar-refractivity contribution in [3.05, 3.63) is 60.2 Å². The Balaban J connectivity index is 1.79. The number of para-hydroxylation sites is 1. The number of hydrogen-bond donors (Lipinski definition) is 2. The summed E-state index contributed by atoms with van der Waals surface area (Å²) >= 11 is 0. The van der Waals surface area contributed by atoms with Crippen LogP contribution in [0.1, 0.15) is 12.5 Å². The molecule has 0 spiro atoms. The number of benzene rings is 2. The second-order valence-electron chi connectivity index (χ2n) is 6.63. The van der Waals surface area contributed by atoms with Gasteiger partial charge in [-0.2, -0.15) is 0 Å². The van der Waals surface area contributed by atoms with E-state index in [0.29, 0.717) is 5.56 Å². The quantitative estimate of drug-likeness (QED) is 0.737. The van der Waals surface area contributed by atoms with Gasteiger partial charge in [0.1, 0.15) is 12.1 Å². The summed E-state index contributed by atoms with van der Waals surface area (Å²) in [5, 5.41) is 5.07. The molecule has 2 N–H and O–H groups in total. The third kappa shape index (κ3) is 3.61. The first-order valence-electron chi connectivity index (χ1n) is 8.41. The van der Waals surface area contributed by atoms with Crippen LogP contribution in [0.25, 0.3) is 0 Å². The molecule has 2 aromatic rings. The Hall–Kier alpha value is -3.20. The maximum Gasteiger partial charge on any atom is 0.325 e. The van der Waals surface area contributed by atoms with Gasteiger partial charge in [0.15, 0.2) is 9.84 Å². The van der Waals surface area contributed by atoms with Crippen molar-refractivity contribution in [1.29, 1.82) is 0 Å². The third-order valence-electron chi connectivity index (χ3n) is 4.49. The summed E-state index contributed by atoms with van der Waals surface area (Å²) in [6.07, 6.45) is 1.03. The summed E-state index contributed by atoms with van der Waals surface area (Å²) in [4.78, 5) is 38.3. The third-order valence-corrected chi connectivity index (χ3v) is 5.64. The minimum absolute atomic E-state index is 0.0466. The molecular weight excluding hydrogens is 382 g/mol. The predicted octanol–water partition coefficient (Wildman–Crippen LogP) is 1.50. The van der Waals surface area contributed by atoms with Crippen molar-refractivity contribution in [1.82, 2.24) is 10.2 Å². The lowest BCUT2D eigenvalue weighted by Gasteiger charge is -2.22. The van der Waals surface area contributed by atoms with Gasteiger partial charge in [0.2, 0.25) is 5.91 Å².